The molecular formula is C9H10FNO2S. The average Bonchev–Trinajstić information content (AvgIpc) is 2.02. The van der Waals surface area contributed by atoms with Crippen molar-refractivity contribution in [3.8, 4) is 0 Å². The Morgan fingerprint density at radius 1 is 1.36 bits per heavy atom. The normalized spacial score (nSPS) is 12.9. The predicted octanol–water partition coefficient (Wildman–Crippen LogP) is 1.48. The number of allylic oxidation sites excluding steroid dienone is 1. The number of sulfonamides is 1. The molecule has 0 unspecified atom stereocenters. The van der Waals surface area contributed by atoms with Crippen LogP contribution in [0.1, 0.15) is 12.5 Å². The summed E-state index contributed by atoms with van der Waals surface area (Å²) in [6.07, 6.45) is 0. The molecule has 2 N–H and O–H groups in total. The maximum Gasteiger partial charge on any atom is 0.231 e. The van der Waals surface area contributed by atoms with Crippen LogP contribution in [0.3, 0.4) is 0 Å². The fourth-order valence-corrected chi connectivity index (χ4v) is 1.66. The quantitative estimate of drug-likeness (QED) is 0.812. The maximum atomic E-state index is 12.5. The van der Waals surface area contributed by atoms with Gasteiger partial charge in [-0.15, -0.1) is 0 Å². The molecule has 0 aliphatic carbocycles. The van der Waals surface area contributed by atoms with Gasteiger partial charge in [0.1, 0.15) is 5.82 Å². The van der Waals surface area contributed by atoms with Gasteiger partial charge in [-0.05, 0) is 30.2 Å². The lowest BCUT2D eigenvalue weighted by Crippen LogP contribution is -2.07. The predicted molar refractivity (Wildman–Crippen MR) is 53.2 cm³/mol. The Kier molecular flexibility index (Phi) is 3.03. The lowest BCUT2D eigenvalue weighted by Gasteiger charge is -1.99. The van der Waals surface area contributed by atoms with Gasteiger partial charge in [0, 0.05) is 5.41 Å². The molecule has 0 saturated heterocycles. The zero-order chi connectivity index (χ0) is 10.8. The second-order valence-electron chi connectivity index (χ2n) is 2.90. The monoisotopic (exact) mass is 215 g/mol. The number of halogens is 1. The first kappa shape index (κ1) is 10.9. The molecule has 14 heavy (non-hydrogen) atoms. The molecule has 0 aromatic heterocycles. The summed E-state index contributed by atoms with van der Waals surface area (Å²) in [4.78, 5) is 0. The van der Waals surface area contributed by atoms with Crippen LogP contribution >= 0.6 is 0 Å². The summed E-state index contributed by atoms with van der Waals surface area (Å²) in [7, 11) is -3.64. The van der Waals surface area contributed by atoms with Crippen molar-refractivity contribution < 1.29 is 12.8 Å². The summed E-state index contributed by atoms with van der Waals surface area (Å²) >= 11 is 0. The van der Waals surface area contributed by atoms with Gasteiger partial charge in [-0.3, -0.25) is 0 Å². The van der Waals surface area contributed by atoms with E-state index in [2.05, 4.69) is 0 Å². The molecule has 0 aliphatic heterocycles. The van der Waals surface area contributed by atoms with Crippen molar-refractivity contribution in [1.29, 1.82) is 0 Å². The van der Waals surface area contributed by atoms with Gasteiger partial charge < -0.3 is 0 Å². The molecule has 0 bridgehead atoms. The highest BCUT2D eigenvalue weighted by atomic mass is 32.2. The molecule has 0 spiro atoms. The van der Waals surface area contributed by atoms with E-state index in [1.807, 2.05) is 0 Å². The van der Waals surface area contributed by atoms with Gasteiger partial charge in [0.15, 0.2) is 0 Å². The Labute approximate surface area is 82.1 Å². The van der Waals surface area contributed by atoms with Crippen molar-refractivity contribution in [1.82, 2.24) is 0 Å². The van der Waals surface area contributed by atoms with Crippen molar-refractivity contribution in [3.05, 3.63) is 41.1 Å². The Morgan fingerprint density at radius 3 is 2.29 bits per heavy atom. The van der Waals surface area contributed by atoms with Gasteiger partial charge in [-0.2, -0.15) is 0 Å². The summed E-state index contributed by atoms with van der Waals surface area (Å²) in [6, 6.07) is 5.50. The standard InChI is InChI=1S/C9H10FNO2S/c1-7(6-14(11,12)13)8-2-4-9(10)5-3-8/h2-6H,1H3,(H2,11,12,13)/b7-6+. The molecule has 1 rings (SSSR count). The molecule has 76 valence electrons. The molecule has 0 saturated carbocycles. The second kappa shape index (κ2) is 3.89. The van der Waals surface area contributed by atoms with Crippen molar-refractivity contribution in [2.24, 2.45) is 5.14 Å². The van der Waals surface area contributed by atoms with Crippen LogP contribution in [0.5, 0.6) is 0 Å². The van der Waals surface area contributed by atoms with Gasteiger partial charge in [0.25, 0.3) is 0 Å². The first-order valence-electron chi connectivity index (χ1n) is 3.85. The summed E-state index contributed by atoms with van der Waals surface area (Å²) in [5.41, 5.74) is 1.10. The third kappa shape index (κ3) is 3.27. The Bertz CT molecular complexity index is 448. The highest BCUT2D eigenvalue weighted by molar-refractivity contribution is 7.92. The lowest BCUT2D eigenvalue weighted by atomic mass is 10.1. The van der Waals surface area contributed by atoms with Crippen LogP contribution in [0.15, 0.2) is 29.7 Å². The minimum Gasteiger partial charge on any atom is -0.225 e. The molecule has 0 heterocycles. The van der Waals surface area contributed by atoms with Gasteiger partial charge in [0.2, 0.25) is 10.0 Å². The Hall–Kier alpha value is -1.20. The van der Waals surface area contributed by atoms with Crippen molar-refractivity contribution in [2.45, 2.75) is 6.92 Å². The molecule has 5 heteroatoms. The highest BCUT2D eigenvalue weighted by Gasteiger charge is 2.01. The number of nitrogens with two attached hydrogens (primary N) is 1. The number of hydrogen-bond donors (Lipinski definition) is 1. The minimum absolute atomic E-state index is 0.364. The van der Waals surface area contributed by atoms with Crippen LogP contribution in [-0.2, 0) is 10.0 Å². The first-order chi connectivity index (χ1) is 6.38. The smallest absolute Gasteiger partial charge is 0.225 e. The van der Waals surface area contributed by atoms with E-state index in [9.17, 15) is 12.8 Å². The summed E-state index contributed by atoms with van der Waals surface area (Å²) in [5, 5.41) is 5.77. The van der Waals surface area contributed by atoms with Crippen molar-refractivity contribution >= 4 is 15.6 Å². The second-order valence-corrected chi connectivity index (χ2v) is 4.31. The third-order valence-corrected chi connectivity index (χ3v) is 2.32. The first-order valence-corrected chi connectivity index (χ1v) is 5.46. The molecule has 0 aliphatic rings. The van der Waals surface area contributed by atoms with E-state index in [4.69, 9.17) is 5.14 Å². The van der Waals surface area contributed by atoms with E-state index in [0.717, 1.165) is 5.41 Å². The van der Waals surface area contributed by atoms with Gasteiger partial charge in [-0.25, -0.2) is 17.9 Å². The fourth-order valence-electron chi connectivity index (χ4n) is 1.03. The van der Waals surface area contributed by atoms with Crippen LogP contribution < -0.4 is 5.14 Å². The number of rotatable bonds is 2. The van der Waals surface area contributed by atoms with Gasteiger partial charge in [0.05, 0.1) is 0 Å². The van der Waals surface area contributed by atoms with E-state index in [1.54, 1.807) is 6.92 Å². The zero-order valence-electron chi connectivity index (χ0n) is 7.57. The van der Waals surface area contributed by atoms with Crippen LogP contribution in [0.25, 0.3) is 5.57 Å². The minimum atomic E-state index is -3.64. The molecular weight excluding hydrogens is 205 g/mol. The van der Waals surface area contributed by atoms with Crippen molar-refractivity contribution in [2.75, 3.05) is 0 Å². The molecule has 0 radical (unpaired) electrons. The molecule has 3 nitrogen and oxygen atoms in total. The van der Waals surface area contributed by atoms with Crippen molar-refractivity contribution in [3.63, 3.8) is 0 Å². The lowest BCUT2D eigenvalue weighted by molar-refractivity contribution is 0.606. The van der Waals surface area contributed by atoms with E-state index >= 15 is 0 Å². The van der Waals surface area contributed by atoms with E-state index in [-0.39, 0.29) is 5.82 Å². The van der Waals surface area contributed by atoms with Crippen LogP contribution in [0.2, 0.25) is 0 Å². The average molecular weight is 215 g/mol. The van der Waals surface area contributed by atoms with Gasteiger partial charge in [-0.1, -0.05) is 12.1 Å². The van der Waals surface area contributed by atoms with E-state index in [1.165, 1.54) is 24.3 Å². The SMILES string of the molecule is C/C(=C\S(N)(=O)=O)c1ccc(F)cc1. The molecule has 1 aromatic rings. The summed E-state index contributed by atoms with van der Waals surface area (Å²) in [5.74, 6) is -0.364. The fraction of sp³-hybridized carbons (Fsp3) is 0.111. The summed E-state index contributed by atoms with van der Waals surface area (Å²) in [6.45, 7) is 1.59. The summed E-state index contributed by atoms with van der Waals surface area (Å²) < 4.78 is 33.9. The number of hydrogen-bond acceptors (Lipinski definition) is 2. The Morgan fingerprint density at radius 2 is 1.86 bits per heavy atom. The molecule has 0 atom stereocenters. The Balaban J connectivity index is 3.07. The highest BCUT2D eigenvalue weighted by Crippen LogP contribution is 2.14. The molecule has 0 amide bonds. The number of benzene rings is 1. The van der Waals surface area contributed by atoms with Crippen LogP contribution in [0.4, 0.5) is 4.39 Å². The largest absolute Gasteiger partial charge is 0.231 e. The van der Waals surface area contributed by atoms with E-state index < -0.39 is 10.0 Å². The maximum absolute atomic E-state index is 12.5. The van der Waals surface area contributed by atoms with Crippen LogP contribution in [0, 0.1) is 5.82 Å². The zero-order valence-corrected chi connectivity index (χ0v) is 8.38. The van der Waals surface area contributed by atoms with Crippen LogP contribution in [-0.4, -0.2) is 8.42 Å². The van der Waals surface area contributed by atoms with Gasteiger partial charge >= 0.3 is 0 Å². The molecule has 1 aromatic carbocycles. The third-order valence-electron chi connectivity index (χ3n) is 1.64. The topological polar surface area (TPSA) is 60.2 Å². The number of primary sulfonamides is 1. The molecule has 0 fully saturated rings. The van der Waals surface area contributed by atoms with E-state index in [0.29, 0.717) is 11.1 Å².